The third-order valence-electron chi connectivity index (χ3n) is 2.67. The van der Waals surface area contributed by atoms with Crippen LogP contribution >= 0.6 is 0 Å². The van der Waals surface area contributed by atoms with Crippen LogP contribution < -0.4 is 10.6 Å². The SMILES string of the molecule is C#CNCCCCC1CCCNC1. The Morgan fingerprint density at radius 3 is 3.08 bits per heavy atom. The Hall–Kier alpha value is -0.680. The molecule has 1 fully saturated rings. The van der Waals surface area contributed by atoms with E-state index in [4.69, 9.17) is 6.42 Å². The van der Waals surface area contributed by atoms with E-state index in [1.54, 1.807) is 0 Å². The van der Waals surface area contributed by atoms with E-state index in [2.05, 4.69) is 16.7 Å². The van der Waals surface area contributed by atoms with Crippen LogP contribution in [0, 0.1) is 18.4 Å². The van der Waals surface area contributed by atoms with Crippen molar-refractivity contribution in [3.05, 3.63) is 0 Å². The standard InChI is InChI=1S/C11H20N2/c1-2-12-8-4-3-6-11-7-5-9-13-10-11/h1,11-13H,3-10H2. The molecule has 0 radical (unpaired) electrons. The average molecular weight is 180 g/mol. The average Bonchev–Trinajstić information content (AvgIpc) is 2.19. The van der Waals surface area contributed by atoms with Gasteiger partial charge >= 0.3 is 0 Å². The Morgan fingerprint density at radius 2 is 2.38 bits per heavy atom. The van der Waals surface area contributed by atoms with Crippen molar-refractivity contribution in [3.8, 4) is 12.5 Å². The molecule has 2 heteroatoms. The van der Waals surface area contributed by atoms with Crippen molar-refractivity contribution in [3.63, 3.8) is 0 Å². The van der Waals surface area contributed by atoms with Crippen LogP contribution in [0.25, 0.3) is 0 Å². The Kier molecular flexibility index (Phi) is 5.44. The Morgan fingerprint density at radius 1 is 1.46 bits per heavy atom. The van der Waals surface area contributed by atoms with Crippen LogP contribution in [-0.4, -0.2) is 19.6 Å². The third-order valence-corrected chi connectivity index (χ3v) is 2.67. The van der Waals surface area contributed by atoms with E-state index in [1.807, 2.05) is 0 Å². The molecule has 0 aliphatic carbocycles. The second-order valence-electron chi connectivity index (χ2n) is 3.78. The highest BCUT2D eigenvalue weighted by Crippen LogP contribution is 2.16. The number of rotatable bonds is 5. The number of unbranched alkanes of at least 4 members (excludes halogenated alkanes) is 1. The molecule has 1 rings (SSSR count). The van der Waals surface area contributed by atoms with Crippen LogP contribution in [0.1, 0.15) is 32.1 Å². The molecular formula is C11H20N2. The minimum atomic E-state index is 0.916. The number of piperidine rings is 1. The molecule has 1 aliphatic heterocycles. The number of hydrogen-bond donors (Lipinski definition) is 2. The maximum atomic E-state index is 5.08. The van der Waals surface area contributed by atoms with Crippen molar-refractivity contribution in [1.29, 1.82) is 0 Å². The molecule has 1 atom stereocenters. The van der Waals surface area contributed by atoms with Gasteiger partial charge in [0.1, 0.15) is 0 Å². The first-order valence-electron chi connectivity index (χ1n) is 5.32. The summed E-state index contributed by atoms with van der Waals surface area (Å²) in [6.45, 7) is 3.41. The minimum absolute atomic E-state index is 0.916. The van der Waals surface area contributed by atoms with Crippen LogP contribution in [0.4, 0.5) is 0 Å². The molecule has 0 saturated carbocycles. The van der Waals surface area contributed by atoms with Crippen LogP contribution in [-0.2, 0) is 0 Å². The maximum Gasteiger partial charge on any atom is 0.0229 e. The second-order valence-corrected chi connectivity index (χ2v) is 3.78. The molecule has 0 aromatic rings. The lowest BCUT2D eigenvalue weighted by Crippen LogP contribution is -2.29. The van der Waals surface area contributed by atoms with Gasteiger partial charge in [0.15, 0.2) is 0 Å². The molecule has 0 spiro atoms. The quantitative estimate of drug-likeness (QED) is 0.379. The molecule has 1 heterocycles. The summed E-state index contributed by atoms with van der Waals surface area (Å²) in [7, 11) is 0. The zero-order valence-corrected chi connectivity index (χ0v) is 8.31. The Bertz CT molecular complexity index is 154. The van der Waals surface area contributed by atoms with Crippen molar-refractivity contribution in [2.45, 2.75) is 32.1 Å². The van der Waals surface area contributed by atoms with Gasteiger partial charge in [-0.25, -0.2) is 0 Å². The summed E-state index contributed by atoms with van der Waals surface area (Å²) in [6, 6.07) is 2.44. The van der Waals surface area contributed by atoms with Gasteiger partial charge in [-0.3, -0.25) is 0 Å². The first-order valence-corrected chi connectivity index (χ1v) is 5.32. The van der Waals surface area contributed by atoms with Gasteiger partial charge < -0.3 is 10.6 Å². The predicted octanol–water partition coefficient (Wildman–Crippen LogP) is 1.34. The first kappa shape index (κ1) is 10.4. The van der Waals surface area contributed by atoms with E-state index >= 15 is 0 Å². The smallest absolute Gasteiger partial charge is 0.0229 e. The van der Waals surface area contributed by atoms with Crippen molar-refractivity contribution in [2.75, 3.05) is 19.6 Å². The van der Waals surface area contributed by atoms with Gasteiger partial charge in [-0.05, 0) is 44.7 Å². The van der Waals surface area contributed by atoms with Gasteiger partial charge in [-0.2, -0.15) is 0 Å². The van der Waals surface area contributed by atoms with Crippen molar-refractivity contribution < 1.29 is 0 Å². The van der Waals surface area contributed by atoms with Gasteiger partial charge in [0, 0.05) is 12.6 Å². The fourth-order valence-electron chi connectivity index (χ4n) is 1.89. The summed E-state index contributed by atoms with van der Waals surface area (Å²) < 4.78 is 0. The zero-order valence-electron chi connectivity index (χ0n) is 8.31. The summed E-state index contributed by atoms with van der Waals surface area (Å²) in [5, 5.41) is 6.34. The molecule has 0 bridgehead atoms. The number of terminal acetylenes is 1. The topological polar surface area (TPSA) is 24.1 Å². The highest BCUT2D eigenvalue weighted by Gasteiger charge is 2.11. The van der Waals surface area contributed by atoms with E-state index < -0.39 is 0 Å². The summed E-state index contributed by atoms with van der Waals surface area (Å²) >= 11 is 0. The van der Waals surface area contributed by atoms with Crippen LogP contribution in [0.15, 0.2) is 0 Å². The largest absolute Gasteiger partial charge is 0.346 e. The molecular weight excluding hydrogens is 160 g/mol. The van der Waals surface area contributed by atoms with E-state index in [0.29, 0.717) is 0 Å². The first-order chi connectivity index (χ1) is 6.43. The summed E-state index contributed by atoms with van der Waals surface area (Å²) in [6.07, 6.45) is 11.7. The predicted molar refractivity (Wildman–Crippen MR) is 56.3 cm³/mol. The molecule has 0 aromatic carbocycles. The molecule has 0 amide bonds. The summed E-state index contributed by atoms with van der Waals surface area (Å²) in [4.78, 5) is 0. The second kappa shape index (κ2) is 6.80. The van der Waals surface area contributed by atoms with Crippen LogP contribution in [0.5, 0.6) is 0 Å². The Balaban J connectivity index is 1.90. The lowest BCUT2D eigenvalue weighted by atomic mass is 9.94. The lowest BCUT2D eigenvalue weighted by Gasteiger charge is -2.22. The lowest BCUT2D eigenvalue weighted by molar-refractivity contribution is 0.348. The zero-order chi connectivity index (χ0) is 9.36. The molecule has 13 heavy (non-hydrogen) atoms. The molecule has 1 aliphatic rings. The van der Waals surface area contributed by atoms with Gasteiger partial charge in [0.05, 0.1) is 0 Å². The normalized spacial score (nSPS) is 22.2. The molecule has 1 saturated heterocycles. The maximum absolute atomic E-state index is 5.08. The fourth-order valence-corrected chi connectivity index (χ4v) is 1.89. The molecule has 74 valence electrons. The third kappa shape index (κ3) is 4.80. The molecule has 2 nitrogen and oxygen atoms in total. The van der Waals surface area contributed by atoms with Crippen molar-refractivity contribution >= 4 is 0 Å². The summed E-state index contributed by atoms with van der Waals surface area (Å²) in [5.74, 6) is 0.916. The molecule has 0 aromatic heterocycles. The van der Waals surface area contributed by atoms with Gasteiger partial charge in [-0.15, -0.1) is 0 Å². The van der Waals surface area contributed by atoms with E-state index in [9.17, 15) is 0 Å². The highest BCUT2D eigenvalue weighted by molar-refractivity contribution is 4.79. The van der Waals surface area contributed by atoms with Crippen LogP contribution in [0.2, 0.25) is 0 Å². The number of hydrogen-bond acceptors (Lipinski definition) is 2. The van der Waals surface area contributed by atoms with Crippen molar-refractivity contribution in [1.82, 2.24) is 10.6 Å². The van der Waals surface area contributed by atoms with E-state index in [0.717, 1.165) is 12.5 Å². The van der Waals surface area contributed by atoms with E-state index in [1.165, 1.54) is 45.2 Å². The monoisotopic (exact) mass is 180 g/mol. The Labute approximate surface area is 81.5 Å². The molecule has 1 unspecified atom stereocenters. The van der Waals surface area contributed by atoms with Crippen molar-refractivity contribution in [2.24, 2.45) is 5.92 Å². The number of nitrogens with one attached hydrogen (secondary N) is 2. The van der Waals surface area contributed by atoms with E-state index in [-0.39, 0.29) is 0 Å². The van der Waals surface area contributed by atoms with Gasteiger partial charge in [0.25, 0.3) is 0 Å². The highest BCUT2D eigenvalue weighted by atomic mass is 14.9. The summed E-state index contributed by atoms with van der Waals surface area (Å²) in [5.41, 5.74) is 0. The molecule has 2 N–H and O–H groups in total. The van der Waals surface area contributed by atoms with Gasteiger partial charge in [-0.1, -0.05) is 12.8 Å². The van der Waals surface area contributed by atoms with Crippen LogP contribution in [0.3, 0.4) is 0 Å². The van der Waals surface area contributed by atoms with Gasteiger partial charge in [0.2, 0.25) is 0 Å². The minimum Gasteiger partial charge on any atom is -0.346 e. The fraction of sp³-hybridized carbons (Fsp3) is 0.818.